The molecule has 0 spiro atoms. The van der Waals surface area contributed by atoms with Gasteiger partial charge in [-0.2, -0.15) is 0 Å². The molecule has 1 N–H and O–H groups in total. The number of anilines is 1. The Hall–Kier alpha value is -3.17. The van der Waals surface area contributed by atoms with Gasteiger partial charge in [0, 0.05) is 17.1 Å². The van der Waals surface area contributed by atoms with Crippen LogP contribution in [-0.2, 0) is 26.2 Å². The van der Waals surface area contributed by atoms with Crippen LogP contribution in [0.2, 0.25) is 0 Å². The van der Waals surface area contributed by atoms with Gasteiger partial charge in [-0.25, -0.2) is 8.42 Å². The number of hydrogen-bond acceptors (Lipinski definition) is 4. The van der Waals surface area contributed by atoms with Gasteiger partial charge in [-0.3, -0.25) is 13.9 Å². The highest BCUT2D eigenvalue weighted by Gasteiger charge is 2.33. The zero-order valence-electron chi connectivity index (χ0n) is 23.8. The lowest BCUT2D eigenvalue weighted by atomic mass is 9.95. The molecule has 0 aliphatic heterocycles. The van der Waals surface area contributed by atoms with Crippen molar-refractivity contribution in [2.24, 2.45) is 0 Å². The van der Waals surface area contributed by atoms with Gasteiger partial charge >= 0.3 is 0 Å². The SMILES string of the molecule is Cc1ccc(S(=O)(=O)N(CC(=O)N(Cc2cccc(Br)c2)[C@@H](C)C(=O)NC2CCCCC2)c2cccc(C)c2)cc1. The molecule has 9 heteroatoms. The molecule has 1 atom stereocenters. The topological polar surface area (TPSA) is 86.8 Å². The Kier molecular flexibility index (Phi) is 10.3. The second-order valence-electron chi connectivity index (χ2n) is 10.8. The van der Waals surface area contributed by atoms with Crippen molar-refractivity contribution in [1.82, 2.24) is 10.2 Å². The number of nitrogens with one attached hydrogen (secondary N) is 1. The molecule has 1 fully saturated rings. The van der Waals surface area contributed by atoms with Gasteiger partial charge in [0.25, 0.3) is 10.0 Å². The van der Waals surface area contributed by atoms with Crippen LogP contribution in [0.3, 0.4) is 0 Å². The molecule has 0 heterocycles. The maximum absolute atomic E-state index is 14.1. The molecule has 0 aromatic heterocycles. The van der Waals surface area contributed by atoms with E-state index < -0.39 is 28.5 Å². The van der Waals surface area contributed by atoms with Crippen LogP contribution >= 0.6 is 15.9 Å². The zero-order valence-corrected chi connectivity index (χ0v) is 26.2. The summed E-state index contributed by atoms with van der Waals surface area (Å²) in [4.78, 5) is 29.1. The summed E-state index contributed by atoms with van der Waals surface area (Å²) in [5.74, 6) is -0.697. The molecule has 4 rings (SSSR count). The predicted octanol–water partition coefficient (Wildman–Crippen LogP) is 6.13. The minimum Gasteiger partial charge on any atom is -0.352 e. The Morgan fingerprint density at radius 1 is 0.927 bits per heavy atom. The highest BCUT2D eigenvalue weighted by molar-refractivity contribution is 9.10. The normalized spacial score (nSPS) is 14.7. The number of amides is 2. The second-order valence-corrected chi connectivity index (χ2v) is 13.6. The fourth-order valence-electron chi connectivity index (χ4n) is 5.13. The summed E-state index contributed by atoms with van der Waals surface area (Å²) in [7, 11) is -4.09. The van der Waals surface area contributed by atoms with Crippen LogP contribution in [0.15, 0.2) is 82.2 Å². The molecule has 1 aliphatic carbocycles. The van der Waals surface area contributed by atoms with Gasteiger partial charge in [0.2, 0.25) is 11.8 Å². The van der Waals surface area contributed by atoms with E-state index in [0.29, 0.717) is 5.69 Å². The fraction of sp³-hybridized carbons (Fsp3) is 0.375. The Balaban J connectivity index is 1.68. The molecule has 1 aliphatic rings. The number of sulfonamides is 1. The maximum Gasteiger partial charge on any atom is 0.264 e. The number of carbonyl (C=O) groups excluding carboxylic acids is 2. The van der Waals surface area contributed by atoms with Crippen LogP contribution in [0.1, 0.15) is 55.7 Å². The Labute approximate surface area is 252 Å². The lowest BCUT2D eigenvalue weighted by molar-refractivity contribution is -0.139. The Morgan fingerprint density at radius 3 is 2.27 bits per heavy atom. The first-order valence-corrected chi connectivity index (χ1v) is 16.3. The van der Waals surface area contributed by atoms with E-state index in [9.17, 15) is 18.0 Å². The van der Waals surface area contributed by atoms with E-state index >= 15 is 0 Å². The summed E-state index contributed by atoms with van der Waals surface area (Å²) < 4.78 is 29.9. The first kappa shape index (κ1) is 30.8. The van der Waals surface area contributed by atoms with E-state index in [0.717, 1.165) is 51.2 Å². The number of rotatable bonds is 10. The molecule has 3 aromatic rings. The average Bonchev–Trinajstić information content (AvgIpc) is 2.95. The lowest BCUT2D eigenvalue weighted by Gasteiger charge is -2.33. The number of carbonyl (C=O) groups is 2. The van der Waals surface area contributed by atoms with Gasteiger partial charge in [-0.05, 0) is 81.1 Å². The molecule has 41 heavy (non-hydrogen) atoms. The van der Waals surface area contributed by atoms with Gasteiger partial charge in [0.1, 0.15) is 12.6 Å². The van der Waals surface area contributed by atoms with Crippen molar-refractivity contribution < 1.29 is 18.0 Å². The summed E-state index contributed by atoms with van der Waals surface area (Å²) in [5.41, 5.74) is 3.01. The summed E-state index contributed by atoms with van der Waals surface area (Å²) in [5, 5.41) is 3.13. The first-order chi connectivity index (χ1) is 19.5. The van der Waals surface area contributed by atoms with E-state index in [4.69, 9.17) is 0 Å². The summed E-state index contributed by atoms with van der Waals surface area (Å²) in [6, 6.07) is 20.5. The molecule has 3 aromatic carbocycles. The smallest absolute Gasteiger partial charge is 0.264 e. The largest absolute Gasteiger partial charge is 0.352 e. The van der Waals surface area contributed by atoms with Gasteiger partial charge in [-0.15, -0.1) is 0 Å². The maximum atomic E-state index is 14.1. The van der Waals surface area contributed by atoms with Crippen molar-refractivity contribution in [2.75, 3.05) is 10.8 Å². The number of halogens is 1. The molecule has 0 radical (unpaired) electrons. The fourth-order valence-corrected chi connectivity index (χ4v) is 6.99. The third kappa shape index (κ3) is 7.98. The third-order valence-corrected chi connectivity index (χ3v) is 9.82. The molecular formula is C32H38BrN3O4S. The van der Waals surface area contributed by atoms with Crippen molar-refractivity contribution in [3.8, 4) is 0 Å². The first-order valence-electron chi connectivity index (χ1n) is 14.0. The number of hydrogen-bond donors (Lipinski definition) is 1. The van der Waals surface area contributed by atoms with Crippen molar-refractivity contribution >= 4 is 43.5 Å². The highest BCUT2D eigenvalue weighted by atomic mass is 79.9. The Bertz CT molecular complexity index is 1470. The molecule has 2 amide bonds. The van der Waals surface area contributed by atoms with Crippen LogP contribution in [-0.4, -0.2) is 43.8 Å². The second kappa shape index (κ2) is 13.7. The van der Waals surface area contributed by atoms with E-state index in [1.165, 1.54) is 11.3 Å². The van der Waals surface area contributed by atoms with E-state index in [-0.39, 0.29) is 23.4 Å². The van der Waals surface area contributed by atoms with Gasteiger partial charge in [0.05, 0.1) is 10.6 Å². The summed E-state index contributed by atoms with van der Waals surface area (Å²) in [6.45, 7) is 5.18. The molecule has 0 bridgehead atoms. The van der Waals surface area contributed by atoms with E-state index in [1.54, 1.807) is 49.4 Å². The van der Waals surface area contributed by atoms with Crippen molar-refractivity contribution in [1.29, 1.82) is 0 Å². The zero-order chi connectivity index (χ0) is 29.6. The molecule has 7 nitrogen and oxygen atoms in total. The minimum atomic E-state index is -4.09. The van der Waals surface area contributed by atoms with Crippen molar-refractivity contribution in [3.63, 3.8) is 0 Å². The summed E-state index contributed by atoms with van der Waals surface area (Å²) >= 11 is 3.49. The molecule has 0 unspecified atom stereocenters. The standard InChI is InChI=1S/C32H38BrN3O4S/c1-23-15-17-30(18-16-23)41(39,40)36(29-14-7-9-24(2)19-29)22-31(37)35(21-26-10-8-11-27(33)20-26)25(3)32(38)34-28-12-5-4-6-13-28/h7-11,14-20,25,28H,4-6,12-13,21-22H2,1-3H3,(H,34,38)/t25-/m0/s1. The number of benzene rings is 3. The molecule has 0 saturated heterocycles. The van der Waals surface area contributed by atoms with Gasteiger partial charge in [0.15, 0.2) is 0 Å². The van der Waals surface area contributed by atoms with Gasteiger partial charge < -0.3 is 10.2 Å². The summed E-state index contributed by atoms with van der Waals surface area (Å²) in [6.07, 6.45) is 5.16. The van der Waals surface area contributed by atoms with Crippen LogP contribution in [0.4, 0.5) is 5.69 Å². The number of aryl methyl sites for hydroxylation is 2. The van der Waals surface area contributed by atoms with Crippen LogP contribution in [0.5, 0.6) is 0 Å². The lowest BCUT2D eigenvalue weighted by Crippen LogP contribution is -2.53. The Morgan fingerprint density at radius 2 is 1.61 bits per heavy atom. The molecular weight excluding hydrogens is 602 g/mol. The monoisotopic (exact) mass is 639 g/mol. The van der Waals surface area contributed by atoms with E-state index in [1.807, 2.05) is 44.2 Å². The molecule has 218 valence electrons. The van der Waals surface area contributed by atoms with Crippen LogP contribution < -0.4 is 9.62 Å². The predicted molar refractivity (Wildman–Crippen MR) is 166 cm³/mol. The number of nitrogens with zero attached hydrogens (tertiary/aromatic N) is 2. The van der Waals surface area contributed by atoms with Crippen molar-refractivity contribution in [2.45, 2.75) is 76.4 Å². The average molecular weight is 641 g/mol. The molecule has 1 saturated carbocycles. The highest BCUT2D eigenvalue weighted by Crippen LogP contribution is 2.26. The van der Waals surface area contributed by atoms with Crippen molar-refractivity contribution in [3.05, 3.63) is 94.0 Å². The van der Waals surface area contributed by atoms with Crippen LogP contribution in [0, 0.1) is 13.8 Å². The van der Waals surface area contributed by atoms with E-state index in [2.05, 4.69) is 21.2 Å². The van der Waals surface area contributed by atoms with Gasteiger partial charge in [-0.1, -0.05) is 77.2 Å². The minimum absolute atomic E-state index is 0.0900. The van der Waals surface area contributed by atoms with Crippen LogP contribution in [0.25, 0.3) is 0 Å². The third-order valence-electron chi connectivity index (χ3n) is 7.54. The quantitative estimate of drug-likeness (QED) is 0.289.